The summed E-state index contributed by atoms with van der Waals surface area (Å²) in [6.45, 7) is 2.68. The van der Waals surface area contributed by atoms with E-state index in [4.69, 9.17) is 0 Å². The minimum absolute atomic E-state index is 0.514. The molecule has 0 amide bonds. The van der Waals surface area contributed by atoms with Crippen LogP contribution >= 0.6 is 0 Å². The van der Waals surface area contributed by atoms with Crippen LogP contribution in [0.3, 0.4) is 0 Å². The van der Waals surface area contributed by atoms with E-state index < -0.39 is 18.1 Å². The van der Waals surface area contributed by atoms with Crippen molar-refractivity contribution < 1.29 is 13.2 Å². The molecule has 0 rings (SSSR count). The summed E-state index contributed by atoms with van der Waals surface area (Å²) in [5.74, 6) is -1.28. The monoisotopic (exact) mass is 155 g/mol. The van der Waals surface area contributed by atoms with Crippen LogP contribution in [0.25, 0.3) is 0 Å². The summed E-state index contributed by atoms with van der Waals surface area (Å²) < 4.78 is 35.5. The van der Waals surface area contributed by atoms with Crippen molar-refractivity contribution in [2.24, 2.45) is 5.92 Å². The minimum Gasteiger partial charge on any atom is -0.317 e. The second kappa shape index (κ2) is 3.23. The summed E-state index contributed by atoms with van der Waals surface area (Å²) in [7, 11) is 1.52. The van der Waals surface area contributed by atoms with E-state index in [1.165, 1.54) is 20.9 Å². The van der Waals surface area contributed by atoms with Gasteiger partial charge in [-0.25, -0.2) is 0 Å². The maximum absolute atomic E-state index is 11.8. The fourth-order valence-electron chi connectivity index (χ4n) is 0.533. The molecule has 0 saturated carbocycles. The van der Waals surface area contributed by atoms with Crippen LogP contribution in [0, 0.1) is 5.92 Å². The lowest BCUT2D eigenvalue weighted by molar-refractivity contribution is -0.175. The van der Waals surface area contributed by atoms with E-state index >= 15 is 0 Å². The predicted molar refractivity (Wildman–Crippen MR) is 33.7 cm³/mol. The molecule has 10 heavy (non-hydrogen) atoms. The molecule has 0 saturated heterocycles. The topological polar surface area (TPSA) is 12.0 Å². The van der Waals surface area contributed by atoms with Crippen LogP contribution in [0.4, 0.5) is 13.2 Å². The Kier molecular flexibility index (Phi) is 3.15. The van der Waals surface area contributed by atoms with Crippen molar-refractivity contribution in [2.75, 3.05) is 7.05 Å². The third-order valence-electron chi connectivity index (χ3n) is 1.72. The third-order valence-corrected chi connectivity index (χ3v) is 1.72. The zero-order chi connectivity index (χ0) is 8.36. The molecule has 2 atom stereocenters. The first-order chi connectivity index (χ1) is 4.39. The first-order valence-electron chi connectivity index (χ1n) is 3.13. The Hall–Kier alpha value is -0.250. The van der Waals surface area contributed by atoms with Crippen molar-refractivity contribution in [3.8, 4) is 0 Å². The van der Waals surface area contributed by atoms with Gasteiger partial charge in [-0.2, -0.15) is 13.2 Å². The Morgan fingerprint density at radius 3 is 1.70 bits per heavy atom. The Morgan fingerprint density at radius 1 is 1.20 bits per heavy atom. The quantitative estimate of drug-likeness (QED) is 0.641. The molecule has 0 fully saturated rings. The first kappa shape index (κ1) is 9.75. The number of alkyl halides is 3. The van der Waals surface area contributed by atoms with E-state index in [0.29, 0.717) is 0 Å². The molecule has 0 heterocycles. The van der Waals surface area contributed by atoms with Gasteiger partial charge in [0.15, 0.2) is 0 Å². The highest BCUT2D eigenvalue weighted by molar-refractivity contribution is 4.72. The van der Waals surface area contributed by atoms with Gasteiger partial charge in [0.1, 0.15) is 0 Å². The molecule has 0 aromatic heterocycles. The van der Waals surface area contributed by atoms with Crippen LogP contribution in [0.5, 0.6) is 0 Å². The van der Waals surface area contributed by atoms with Gasteiger partial charge in [0, 0.05) is 6.04 Å². The van der Waals surface area contributed by atoms with Gasteiger partial charge in [-0.3, -0.25) is 0 Å². The Balaban J connectivity index is 3.94. The summed E-state index contributed by atoms with van der Waals surface area (Å²) in [6.07, 6.45) is -4.08. The molecule has 0 aromatic carbocycles. The van der Waals surface area contributed by atoms with Gasteiger partial charge in [-0.1, -0.05) is 6.92 Å². The van der Waals surface area contributed by atoms with E-state index in [-0.39, 0.29) is 0 Å². The fourth-order valence-corrected chi connectivity index (χ4v) is 0.533. The van der Waals surface area contributed by atoms with E-state index in [1.54, 1.807) is 0 Å². The average molecular weight is 155 g/mol. The molecular weight excluding hydrogens is 143 g/mol. The van der Waals surface area contributed by atoms with Crippen LogP contribution in [-0.2, 0) is 0 Å². The predicted octanol–water partition coefficient (Wildman–Crippen LogP) is 1.79. The summed E-state index contributed by atoms with van der Waals surface area (Å²) in [5.41, 5.74) is 0. The fraction of sp³-hybridized carbons (Fsp3) is 1.00. The average Bonchev–Trinajstić information content (AvgIpc) is 1.83. The SMILES string of the molecule is CN[C@@H](C)C(C)C(F)(F)F. The van der Waals surface area contributed by atoms with Gasteiger partial charge in [-0.05, 0) is 14.0 Å². The number of hydrogen-bond donors (Lipinski definition) is 1. The Morgan fingerprint density at radius 2 is 1.60 bits per heavy atom. The van der Waals surface area contributed by atoms with Crippen LogP contribution in [0.2, 0.25) is 0 Å². The first-order valence-corrected chi connectivity index (χ1v) is 3.13. The highest BCUT2D eigenvalue weighted by Gasteiger charge is 2.38. The number of rotatable bonds is 2. The lowest BCUT2D eigenvalue weighted by atomic mass is 10.0. The van der Waals surface area contributed by atoms with Gasteiger partial charge in [0.05, 0.1) is 5.92 Å². The summed E-state index contributed by atoms with van der Waals surface area (Å²) in [6, 6.07) is -0.514. The minimum atomic E-state index is -4.08. The van der Waals surface area contributed by atoms with Crippen LogP contribution in [0.15, 0.2) is 0 Å². The molecule has 0 aliphatic carbocycles. The van der Waals surface area contributed by atoms with E-state index in [2.05, 4.69) is 5.32 Å². The maximum Gasteiger partial charge on any atom is 0.393 e. The zero-order valence-electron chi connectivity index (χ0n) is 6.29. The van der Waals surface area contributed by atoms with Crippen molar-refractivity contribution in [1.29, 1.82) is 0 Å². The Labute approximate surface area is 58.6 Å². The van der Waals surface area contributed by atoms with Gasteiger partial charge in [-0.15, -0.1) is 0 Å². The van der Waals surface area contributed by atoms with Crippen molar-refractivity contribution in [3.05, 3.63) is 0 Å². The van der Waals surface area contributed by atoms with Gasteiger partial charge in [0.25, 0.3) is 0 Å². The maximum atomic E-state index is 11.8. The number of nitrogens with one attached hydrogen (secondary N) is 1. The molecule has 1 nitrogen and oxygen atoms in total. The summed E-state index contributed by atoms with van der Waals surface area (Å²) >= 11 is 0. The molecule has 0 radical (unpaired) electrons. The highest BCUT2D eigenvalue weighted by Crippen LogP contribution is 2.27. The number of halogens is 3. The smallest absolute Gasteiger partial charge is 0.317 e. The standard InChI is InChI=1S/C6H12F3N/c1-4(5(2)10-3)6(7,8)9/h4-5,10H,1-3H3/t4?,5-/m0/s1. The van der Waals surface area contributed by atoms with Crippen LogP contribution < -0.4 is 5.32 Å². The molecule has 0 aromatic rings. The lowest BCUT2D eigenvalue weighted by Crippen LogP contribution is -2.37. The van der Waals surface area contributed by atoms with Gasteiger partial charge in [0.2, 0.25) is 0 Å². The van der Waals surface area contributed by atoms with Crippen molar-refractivity contribution in [2.45, 2.75) is 26.1 Å². The molecule has 0 aliphatic rings. The molecule has 1 N–H and O–H groups in total. The Bertz CT molecular complexity index is 99.7. The largest absolute Gasteiger partial charge is 0.393 e. The van der Waals surface area contributed by atoms with Crippen LogP contribution in [-0.4, -0.2) is 19.3 Å². The summed E-state index contributed by atoms with van der Waals surface area (Å²) in [4.78, 5) is 0. The molecule has 4 heteroatoms. The van der Waals surface area contributed by atoms with Crippen molar-refractivity contribution in [3.63, 3.8) is 0 Å². The van der Waals surface area contributed by atoms with E-state index in [9.17, 15) is 13.2 Å². The zero-order valence-corrected chi connectivity index (χ0v) is 6.29. The van der Waals surface area contributed by atoms with Gasteiger partial charge < -0.3 is 5.32 Å². The number of hydrogen-bond acceptors (Lipinski definition) is 1. The van der Waals surface area contributed by atoms with Crippen LogP contribution in [0.1, 0.15) is 13.8 Å². The normalized spacial score (nSPS) is 18.6. The lowest BCUT2D eigenvalue weighted by Gasteiger charge is -2.21. The van der Waals surface area contributed by atoms with E-state index in [0.717, 1.165) is 0 Å². The molecule has 0 bridgehead atoms. The molecule has 0 aliphatic heterocycles. The molecule has 0 spiro atoms. The van der Waals surface area contributed by atoms with Crippen molar-refractivity contribution in [1.82, 2.24) is 5.32 Å². The van der Waals surface area contributed by atoms with Crippen molar-refractivity contribution >= 4 is 0 Å². The molecular formula is C6H12F3N. The third kappa shape index (κ3) is 2.56. The van der Waals surface area contributed by atoms with Gasteiger partial charge >= 0.3 is 6.18 Å². The second-order valence-electron chi connectivity index (χ2n) is 2.41. The van der Waals surface area contributed by atoms with E-state index in [1.807, 2.05) is 0 Å². The summed E-state index contributed by atoms with van der Waals surface area (Å²) in [5, 5.41) is 2.55. The second-order valence-corrected chi connectivity index (χ2v) is 2.41. The molecule has 1 unspecified atom stereocenters. The molecule has 62 valence electrons. The highest BCUT2D eigenvalue weighted by atomic mass is 19.4.